The van der Waals surface area contributed by atoms with Gasteiger partial charge in [-0.2, -0.15) is 21.0 Å². The summed E-state index contributed by atoms with van der Waals surface area (Å²) in [6.45, 7) is 0. The highest BCUT2D eigenvalue weighted by atomic mass is 15.0. The number of benzene rings is 12. The van der Waals surface area contributed by atoms with Gasteiger partial charge in [-0.15, -0.1) is 0 Å². The van der Waals surface area contributed by atoms with Crippen molar-refractivity contribution in [3.8, 4) is 125 Å². The maximum atomic E-state index is 9.74. The van der Waals surface area contributed by atoms with Crippen molar-refractivity contribution < 1.29 is 0 Å². The van der Waals surface area contributed by atoms with Crippen LogP contribution >= 0.6 is 0 Å². The second-order valence-corrected chi connectivity index (χ2v) is 21.8. The van der Waals surface area contributed by atoms with Crippen LogP contribution in [0.25, 0.3) is 145 Å². The number of fused-ring (bicyclic) bond motifs is 6. The van der Waals surface area contributed by atoms with E-state index >= 15 is 0 Å². The van der Waals surface area contributed by atoms with Gasteiger partial charge in [-0.25, -0.2) is 9.97 Å². The van der Waals surface area contributed by atoms with E-state index in [-0.39, 0.29) is 0 Å². The lowest BCUT2D eigenvalue weighted by atomic mass is 9.98. The van der Waals surface area contributed by atoms with Crippen LogP contribution in [0.1, 0.15) is 22.3 Å². The first-order valence-electron chi connectivity index (χ1n) is 28.8. The van der Waals surface area contributed by atoms with Gasteiger partial charge in [0.1, 0.15) is 0 Å². The van der Waals surface area contributed by atoms with E-state index in [4.69, 9.17) is 9.97 Å². The smallest absolute Gasteiger partial charge is 0.160 e. The molecule has 0 saturated carbocycles. The highest BCUT2D eigenvalue weighted by Crippen LogP contribution is 2.45. The first-order valence-corrected chi connectivity index (χ1v) is 28.8. The number of nitriles is 4. The van der Waals surface area contributed by atoms with Crippen molar-refractivity contribution in [1.82, 2.24) is 19.1 Å². The van der Waals surface area contributed by atoms with E-state index in [0.29, 0.717) is 28.1 Å². The lowest BCUT2D eigenvalue weighted by Gasteiger charge is -2.20. The number of aromatic nitrogens is 4. The van der Waals surface area contributed by atoms with Crippen molar-refractivity contribution in [2.24, 2.45) is 0 Å². The van der Waals surface area contributed by atoms with Crippen molar-refractivity contribution in [2.75, 3.05) is 0 Å². The second kappa shape index (κ2) is 21.8. The third kappa shape index (κ3) is 9.26. The molecule has 8 nitrogen and oxygen atoms in total. The van der Waals surface area contributed by atoms with Gasteiger partial charge in [-0.3, -0.25) is 0 Å². The molecule has 406 valence electrons. The summed E-state index contributed by atoms with van der Waals surface area (Å²) in [4.78, 5) is 10.7. The Labute approximate surface area is 507 Å². The SMILES string of the molecule is N#Cc1ccc(-c2ccc3c(c2)c2cc(-c4ccc(C#N)cc4)ccc2n3-c2ccccc2-c2ccc(-c3nc(-c4ccccc4)cc(-c4ccccc4)n3)cc2-n2c3ccc(-c4ccc(C#N)cc4)cc3c3cc(-c4ccc(C#N)cc4)ccc32)cc1. The predicted octanol–water partition coefficient (Wildman–Crippen LogP) is 19.5. The Morgan fingerprint density at radius 2 is 0.545 bits per heavy atom. The Bertz CT molecular complexity index is 5150. The van der Waals surface area contributed by atoms with Crippen molar-refractivity contribution in [3.05, 3.63) is 301 Å². The molecule has 0 amide bonds. The van der Waals surface area contributed by atoms with Gasteiger partial charge < -0.3 is 9.13 Å². The number of hydrogen-bond donors (Lipinski definition) is 0. The van der Waals surface area contributed by atoms with Crippen LogP contribution in [-0.4, -0.2) is 19.1 Å². The number of rotatable bonds is 10. The highest BCUT2D eigenvalue weighted by molar-refractivity contribution is 6.14. The third-order valence-electron chi connectivity index (χ3n) is 16.7. The number of nitrogens with zero attached hydrogens (tertiary/aromatic N) is 8. The van der Waals surface area contributed by atoms with Crippen LogP contribution in [0.3, 0.4) is 0 Å². The van der Waals surface area contributed by atoms with Gasteiger partial charge in [0.15, 0.2) is 5.82 Å². The molecule has 8 heteroatoms. The van der Waals surface area contributed by atoms with E-state index < -0.39 is 0 Å². The lowest BCUT2D eigenvalue weighted by Crippen LogP contribution is -2.03. The molecule has 0 radical (unpaired) electrons. The average molecular weight is 1120 g/mol. The molecule has 0 atom stereocenters. The molecule has 0 saturated heterocycles. The van der Waals surface area contributed by atoms with E-state index in [1.165, 1.54) is 0 Å². The number of hydrogen-bond acceptors (Lipinski definition) is 6. The summed E-state index contributed by atoms with van der Waals surface area (Å²) in [6.07, 6.45) is 0. The van der Waals surface area contributed by atoms with E-state index in [2.05, 4.69) is 179 Å². The fourth-order valence-corrected chi connectivity index (χ4v) is 12.3. The summed E-state index contributed by atoms with van der Waals surface area (Å²) in [7, 11) is 0. The van der Waals surface area contributed by atoms with Gasteiger partial charge in [-0.05, 0) is 160 Å². The quantitative estimate of drug-likeness (QED) is 0.134. The first-order chi connectivity index (χ1) is 43.4. The average Bonchev–Trinajstić information content (AvgIpc) is 1.62. The van der Waals surface area contributed by atoms with Crippen LogP contribution in [0.4, 0.5) is 0 Å². The van der Waals surface area contributed by atoms with Crippen molar-refractivity contribution in [2.45, 2.75) is 0 Å². The van der Waals surface area contributed by atoms with Gasteiger partial charge >= 0.3 is 0 Å². The molecule has 0 N–H and O–H groups in total. The molecule has 0 fully saturated rings. The normalized spacial score (nSPS) is 11.1. The minimum absolute atomic E-state index is 0.576. The molecule has 15 aromatic rings. The van der Waals surface area contributed by atoms with Gasteiger partial charge in [0.25, 0.3) is 0 Å². The molecule has 0 bridgehead atoms. The highest BCUT2D eigenvalue weighted by Gasteiger charge is 2.24. The Balaban J connectivity index is 1.01. The standard InChI is InChI=1S/C80H46N8/c81-47-51-15-23-55(24-16-51)61-32-37-75-68(41-61)69-42-62(56-25-17-52(48-82)18-26-56)33-38-76(69)87(75)74-14-8-7-13-66(74)67-36-31-65(80-85-72(59-9-3-1-4-10-59)46-73(86-80)60-11-5-2-6-12-60)45-79(67)88-77-39-34-63(57-27-19-53(49-83)20-28-57)43-70(77)71-44-64(35-40-78(71)88)58-29-21-54(50-84)22-30-58/h1-46H. The second-order valence-electron chi connectivity index (χ2n) is 21.8. The summed E-state index contributed by atoms with van der Waals surface area (Å²) in [5.41, 5.74) is 22.6. The molecule has 88 heavy (non-hydrogen) atoms. The van der Waals surface area contributed by atoms with Crippen LogP contribution in [0.15, 0.2) is 279 Å². The Hall–Kier alpha value is -12.7. The molecule has 0 aliphatic carbocycles. The zero-order valence-corrected chi connectivity index (χ0v) is 47.1. The summed E-state index contributed by atoms with van der Waals surface area (Å²) >= 11 is 0. The van der Waals surface area contributed by atoms with Gasteiger partial charge in [0, 0.05) is 49.4 Å². The van der Waals surface area contributed by atoms with Gasteiger partial charge in [-0.1, -0.05) is 164 Å². The largest absolute Gasteiger partial charge is 0.309 e. The Morgan fingerprint density at radius 1 is 0.239 bits per heavy atom. The summed E-state index contributed by atoms with van der Waals surface area (Å²) in [5, 5.41) is 43.0. The minimum atomic E-state index is 0.576. The maximum absolute atomic E-state index is 9.74. The monoisotopic (exact) mass is 1120 g/mol. The van der Waals surface area contributed by atoms with E-state index in [1.807, 2.05) is 133 Å². The molecule has 15 rings (SSSR count). The molecule has 3 aromatic heterocycles. The molecular weight excluding hydrogens is 1070 g/mol. The van der Waals surface area contributed by atoms with Crippen LogP contribution in [0, 0.1) is 45.3 Å². The molecule has 0 aliphatic heterocycles. The lowest BCUT2D eigenvalue weighted by molar-refractivity contribution is 1.15. The van der Waals surface area contributed by atoms with Crippen LogP contribution in [-0.2, 0) is 0 Å². The van der Waals surface area contributed by atoms with Crippen molar-refractivity contribution >= 4 is 43.6 Å². The van der Waals surface area contributed by atoms with Crippen LogP contribution in [0.5, 0.6) is 0 Å². The third-order valence-corrected chi connectivity index (χ3v) is 16.7. The molecule has 12 aromatic carbocycles. The Morgan fingerprint density at radius 3 is 0.909 bits per heavy atom. The maximum Gasteiger partial charge on any atom is 0.160 e. The molecule has 0 unspecified atom stereocenters. The topological polar surface area (TPSA) is 131 Å². The number of para-hydroxylation sites is 1. The zero-order chi connectivity index (χ0) is 59.2. The fraction of sp³-hybridized carbons (Fsp3) is 0. The summed E-state index contributed by atoms with van der Waals surface area (Å²) in [6, 6.07) is 104. The van der Waals surface area contributed by atoms with Crippen LogP contribution < -0.4 is 0 Å². The first kappa shape index (κ1) is 52.1. The van der Waals surface area contributed by atoms with E-state index in [9.17, 15) is 21.0 Å². The summed E-state index contributed by atoms with van der Waals surface area (Å²) < 4.78 is 4.76. The summed E-state index contributed by atoms with van der Waals surface area (Å²) in [5.74, 6) is 0.576. The Kier molecular flexibility index (Phi) is 12.9. The molecular formula is C80H46N8. The minimum Gasteiger partial charge on any atom is -0.309 e. The molecule has 0 aliphatic rings. The van der Waals surface area contributed by atoms with Crippen LogP contribution in [0.2, 0.25) is 0 Å². The van der Waals surface area contributed by atoms with Crippen molar-refractivity contribution in [3.63, 3.8) is 0 Å². The predicted molar refractivity (Wildman–Crippen MR) is 353 cm³/mol. The zero-order valence-electron chi connectivity index (χ0n) is 47.1. The van der Waals surface area contributed by atoms with E-state index in [1.54, 1.807) is 0 Å². The van der Waals surface area contributed by atoms with E-state index in [0.717, 1.165) is 139 Å². The molecule has 3 heterocycles. The van der Waals surface area contributed by atoms with Gasteiger partial charge in [0.2, 0.25) is 0 Å². The molecule has 0 spiro atoms. The van der Waals surface area contributed by atoms with Crippen molar-refractivity contribution in [1.29, 1.82) is 21.0 Å². The van der Waals surface area contributed by atoms with Gasteiger partial charge in [0.05, 0.1) is 91.4 Å². The fourth-order valence-electron chi connectivity index (χ4n) is 12.3.